The molecule has 3 rings (SSSR count). The van der Waals surface area contributed by atoms with E-state index in [0.717, 1.165) is 6.54 Å². The van der Waals surface area contributed by atoms with Crippen molar-refractivity contribution >= 4 is 16.9 Å². The van der Waals surface area contributed by atoms with E-state index in [-0.39, 0.29) is 0 Å². The first-order chi connectivity index (χ1) is 9.34. The molecule has 1 aromatic heterocycles. The molecule has 1 aliphatic rings. The average Bonchev–Trinajstić information content (AvgIpc) is 3.02. The number of benzene rings is 1. The molecule has 0 bridgehead atoms. The summed E-state index contributed by atoms with van der Waals surface area (Å²) in [5.41, 5.74) is 5.48. The van der Waals surface area contributed by atoms with Crippen LogP contribution in [0.15, 0.2) is 47.5 Å². The largest absolute Gasteiger partial charge is 0.388 e. The van der Waals surface area contributed by atoms with E-state index in [1.165, 1.54) is 46.5 Å². The molecule has 0 spiro atoms. The van der Waals surface area contributed by atoms with Gasteiger partial charge >= 0.3 is 0 Å². The molecule has 98 valence electrons. The second-order valence-corrected chi connectivity index (χ2v) is 5.99. The fourth-order valence-corrected chi connectivity index (χ4v) is 3.31. The average molecular weight is 269 g/mol. The van der Waals surface area contributed by atoms with Gasteiger partial charge in [-0.15, -0.1) is 11.3 Å². The van der Waals surface area contributed by atoms with Gasteiger partial charge in [0.25, 0.3) is 0 Å². The summed E-state index contributed by atoms with van der Waals surface area (Å²) in [7, 11) is 0. The van der Waals surface area contributed by atoms with Gasteiger partial charge in [0.2, 0.25) is 0 Å². The number of hydrogen-bond donors (Lipinski definition) is 1. The normalized spacial score (nSPS) is 17.9. The van der Waals surface area contributed by atoms with Crippen LogP contribution in [0.5, 0.6) is 0 Å². The lowest BCUT2D eigenvalue weighted by molar-refractivity contribution is 0.589. The van der Waals surface area contributed by atoms with E-state index in [1.54, 1.807) is 11.3 Å². The lowest BCUT2D eigenvalue weighted by Gasteiger charge is -2.20. The fourth-order valence-electron chi connectivity index (χ4n) is 2.58. The van der Waals surface area contributed by atoms with Crippen molar-refractivity contribution in [1.29, 1.82) is 0 Å². The summed E-state index contributed by atoms with van der Waals surface area (Å²) in [5.74, 6) is 0. The lowest BCUT2D eigenvalue weighted by Crippen LogP contribution is -2.20. The predicted molar refractivity (Wildman–Crippen MR) is 84.2 cm³/mol. The van der Waals surface area contributed by atoms with Gasteiger partial charge in [0, 0.05) is 17.1 Å². The van der Waals surface area contributed by atoms with Gasteiger partial charge in [-0.1, -0.05) is 30.3 Å². The van der Waals surface area contributed by atoms with Crippen LogP contribution >= 0.6 is 11.3 Å². The van der Waals surface area contributed by atoms with Crippen molar-refractivity contribution in [3.05, 3.63) is 53.0 Å². The number of thiophene rings is 1. The highest BCUT2D eigenvalue weighted by atomic mass is 32.1. The first-order valence-corrected chi connectivity index (χ1v) is 7.80. The molecule has 2 heterocycles. The molecule has 1 aromatic carbocycles. The minimum absolute atomic E-state index is 1.12. The monoisotopic (exact) mass is 269 g/mol. The lowest BCUT2D eigenvalue weighted by atomic mass is 9.99. The van der Waals surface area contributed by atoms with E-state index in [4.69, 9.17) is 0 Å². The highest BCUT2D eigenvalue weighted by Gasteiger charge is 2.09. The summed E-state index contributed by atoms with van der Waals surface area (Å²) in [6.45, 7) is 3.35. The third-order valence-electron chi connectivity index (χ3n) is 3.77. The predicted octanol–water partition coefficient (Wildman–Crippen LogP) is 4.92. The smallest absolute Gasteiger partial charge is 0.0342 e. The van der Waals surface area contributed by atoms with Gasteiger partial charge in [-0.2, -0.15) is 0 Å². The van der Waals surface area contributed by atoms with E-state index in [2.05, 4.69) is 54.0 Å². The standard InChI is InChI=1S/C17H19NS/c1-13(16-5-2-3-11-18-16)14-7-9-15(10-8-14)17-6-4-12-19-17/h4,6-10,12,18H,2-3,5,11H2,1H3. The molecule has 0 saturated carbocycles. The van der Waals surface area contributed by atoms with Crippen LogP contribution in [0.1, 0.15) is 31.7 Å². The molecule has 0 unspecified atom stereocenters. The van der Waals surface area contributed by atoms with E-state index in [0.29, 0.717) is 0 Å². The molecule has 0 atom stereocenters. The van der Waals surface area contributed by atoms with Gasteiger partial charge < -0.3 is 5.32 Å². The number of rotatable bonds is 2. The molecule has 1 saturated heterocycles. The zero-order chi connectivity index (χ0) is 13.1. The zero-order valence-electron chi connectivity index (χ0n) is 11.3. The first-order valence-electron chi connectivity index (χ1n) is 6.92. The summed E-state index contributed by atoms with van der Waals surface area (Å²) in [6.07, 6.45) is 3.81. The maximum absolute atomic E-state index is 3.54. The van der Waals surface area contributed by atoms with Crippen molar-refractivity contribution < 1.29 is 0 Å². The van der Waals surface area contributed by atoms with Crippen LogP contribution in [0.2, 0.25) is 0 Å². The van der Waals surface area contributed by atoms with Crippen LogP contribution in [0.3, 0.4) is 0 Å². The molecule has 2 heteroatoms. The fraction of sp³-hybridized carbons (Fsp3) is 0.294. The topological polar surface area (TPSA) is 12.0 Å². The van der Waals surface area contributed by atoms with Crippen molar-refractivity contribution in [3.63, 3.8) is 0 Å². The Balaban J connectivity index is 1.86. The Morgan fingerprint density at radius 2 is 1.95 bits per heavy atom. The molecule has 2 aromatic rings. The molecular formula is C17H19NS. The van der Waals surface area contributed by atoms with Gasteiger partial charge in [-0.3, -0.25) is 0 Å². The maximum atomic E-state index is 3.54. The van der Waals surface area contributed by atoms with E-state index >= 15 is 0 Å². The molecular weight excluding hydrogens is 250 g/mol. The molecule has 0 aliphatic carbocycles. The molecule has 1 nitrogen and oxygen atoms in total. The van der Waals surface area contributed by atoms with Crippen LogP contribution in [0, 0.1) is 0 Å². The van der Waals surface area contributed by atoms with Crippen LogP contribution in [-0.4, -0.2) is 6.54 Å². The molecule has 0 radical (unpaired) electrons. The van der Waals surface area contributed by atoms with Crippen LogP contribution in [-0.2, 0) is 0 Å². The van der Waals surface area contributed by atoms with Crippen molar-refractivity contribution in [2.75, 3.05) is 6.54 Å². The minimum Gasteiger partial charge on any atom is -0.388 e. The maximum Gasteiger partial charge on any atom is 0.0342 e. The number of nitrogens with one attached hydrogen (secondary N) is 1. The first kappa shape index (κ1) is 12.5. The van der Waals surface area contributed by atoms with Gasteiger partial charge in [-0.05, 0) is 54.3 Å². The molecule has 19 heavy (non-hydrogen) atoms. The minimum atomic E-state index is 1.12. The highest BCUT2D eigenvalue weighted by Crippen LogP contribution is 2.28. The number of hydrogen-bond acceptors (Lipinski definition) is 2. The highest BCUT2D eigenvalue weighted by molar-refractivity contribution is 7.13. The Hall–Kier alpha value is -1.54. The summed E-state index contributed by atoms with van der Waals surface area (Å²) >= 11 is 1.79. The molecule has 1 aliphatic heterocycles. The van der Waals surface area contributed by atoms with Crippen molar-refractivity contribution in [2.24, 2.45) is 0 Å². The zero-order valence-corrected chi connectivity index (χ0v) is 12.1. The Kier molecular flexibility index (Phi) is 3.69. The Morgan fingerprint density at radius 3 is 2.58 bits per heavy atom. The molecule has 1 fully saturated rings. The summed E-state index contributed by atoms with van der Waals surface area (Å²) in [6, 6.07) is 13.2. The Labute approximate surface area is 119 Å². The van der Waals surface area contributed by atoms with Gasteiger partial charge in [0.15, 0.2) is 0 Å². The van der Waals surface area contributed by atoms with E-state index < -0.39 is 0 Å². The number of piperidine rings is 1. The van der Waals surface area contributed by atoms with Crippen LogP contribution in [0.25, 0.3) is 16.0 Å². The third kappa shape index (κ3) is 2.74. The van der Waals surface area contributed by atoms with Gasteiger partial charge in [0.1, 0.15) is 0 Å². The Bertz CT molecular complexity index is 556. The quantitative estimate of drug-likeness (QED) is 0.816. The van der Waals surface area contributed by atoms with Crippen molar-refractivity contribution in [1.82, 2.24) is 5.32 Å². The summed E-state index contributed by atoms with van der Waals surface area (Å²) in [4.78, 5) is 1.34. The van der Waals surface area contributed by atoms with Gasteiger partial charge in [0.05, 0.1) is 0 Å². The van der Waals surface area contributed by atoms with E-state index in [1.807, 2.05) is 0 Å². The molecule has 1 N–H and O–H groups in total. The second-order valence-electron chi connectivity index (χ2n) is 5.04. The van der Waals surface area contributed by atoms with Crippen molar-refractivity contribution in [2.45, 2.75) is 26.2 Å². The SMILES string of the molecule is CC(=C1CCCCN1)c1ccc(-c2cccs2)cc1. The Morgan fingerprint density at radius 1 is 1.11 bits per heavy atom. The van der Waals surface area contributed by atoms with E-state index in [9.17, 15) is 0 Å². The van der Waals surface area contributed by atoms with Gasteiger partial charge in [-0.25, -0.2) is 0 Å². The molecule has 0 amide bonds. The van der Waals surface area contributed by atoms with Crippen molar-refractivity contribution in [3.8, 4) is 10.4 Å². The van der Waals surface area contributed by atoms with Crippen LogP contribution in [0.4, 0.5) is 0 Å². The summed E-state index contributed by atoms with van der Waals surface area (Å²) in [5, 5.41) is 5.67. The van der Waals surface area contributed by atoms with Crippen LogP contribution < -0.4 is 5.32 Å². The summed E-state index contributed by atoms with van der Waals surface area (Å²) < 4.78 is 0. The third-order valence-corrected chi connectivity index (χ3v) is 4.69. The second kappa shape index (κ2) is 5.62. The number of allylic oxidation sites excluding steroid dienone is 2.